The van der Waals surface area contributed by atoms with Crippen LogP contribution >= 0.6 is 12.4 Å². The number of hydrogen-bond donors (Lipinski definition) is 4. The van der Waals surface area contributed by atoms with Crippen molar-refractivity contribution in [1.29, 1.82) is 0 Å². The Morgan fingerprint density at radius 2 is 1.81 bits per heavy atom. The molecule has 138 valence electrons. The summed E-state index contributed by atoms with van der Waals surface area (Å²) in [5, 5.41) is 19.1. The number of piperidine rings is 1. The van der Waals surface area contributed by atoms with Crippen LogP contribution in [0.25, 0.3) is 11.3 Å². The number of hydrogen-bond acceptors (Lipinski definition) is 5. The number of benzene rings is 1. The second kappa shape index (κ2) is 6.34. The van der Waals surface area contributed by atoms with Gasteiger partial charge in [-0.2, -0.15) is 0 Å². The smallest absolute Gasteiger partial charge is 0.345 e. The summed E-state index contributed by atoms with van der Waals surface area (Å²) in [4.78, 5) is 27.9. The molecule has 26 heavy (non-hydrogen) atoms. The van der Waals surface area contributed by atoms with Crippen molar-refractivity contribution in [3.05, 3.63) is 45.7 Å². The van der Waals surface area contributed by atoms with Crippen molar-refractivity contribution in [2.75, 3.05) is 18.0 Å². The molecular formula is C18H20ClN3O4. The van der Waals surface area contributed by atoms with E-state index in [2.05, 4.69) is 9.88 Å². The molecule has 2 aliphatic rings. The Kier molecular flexibility index (Phi) is 4.46. The zero-order chi connectivity index (χ0) is 17.9. The van der Waals surface area contributed by atoms with Crippen LogP contribution in [-0.4, -0.2) is 40.3 Å². The predicted molar refractivity (Wildman–Crippen MR) is 100 cm³/mol. The van der Waals surface area contributed by atoms with E-state index in [1.807, 2.05) is 24.3 Å². The van der Waals surface area contributed by atoms with Gasteiger partial charge in [0.2, 0.25) is 0 Å². The molecule has 7 nitrogen and oxygen atoms in total. The van der Waals surface area contributed by atoms with E-state index >= 15 is 0 Å². The highest BCUT2D eigenvalue weighted by molar-refractivity contribution is 5.91. The topological polar surface area (TPSA) is 120 Å². The van der Waals surface area contributed by atoms with Gasteiger partial charge in [0.1, 0.15) is 5.75 Å². The third-order valence-electron chi connectivity index (χ3n) is 5.43. The lowest BCUT2D eigenvalue weighted by molar-refractivity contribution is 0.0691. The zero-order valence-electron chi connectivity index (χ0n) is 14.1. The van der Waals surface area contributed by atoms with Crippen LogP contribution in [0, 0.1) is 18.8 Å². The summed E-state index contributed by atoms with van der Waals surface area (Å²) < 4.78 is 0. The molecule has 2 heterocycles. The average Bonchev–Trinajstić information content (AvgIpc) is 2.98. The number of halogens is 1. The van der Waals surface area contributed by atoms with Gasteiger partial charge in [0.25, 0.3) is 5.56 Å². The second-order valence-corrected chi connectivity index (χ2v) is 6.84. The molecule has 0 amide bonds. The molecular weight excluding hydrogens is 358 g/mol. The Labute approximate surface area is 155 Å². The maximum absolute atomic E-state index is 12.0. The van der Waals surface area contributed by atoms with E-state index in [-0.39, 0.29) is 12.4 Å². The Bertz CT molecular complexity index is 913. The standard InChI is InChI=1S/C18H19N3O4.ClH/c1-8-15(20-17(23)13(16(8)22)18(24)25)9-2-4-10(5-3-9)21-6-11-12(7-21)14(11)19;/h2-5,11-12,14H,6-7,19H2,1H3,(H,24,25)(H2,20,22,23);1H/t11-,12+,14-;. The van der Waals surface area contributed by atoms with Crippen molar-refractivity contribution in [3.8, 4) is 17.0 Å². The molecule has 1 saturated carbocycles. The lowest BCUT2D eigenvalue weighted by atomic mass is 10.0. The van der Waals surface area contributed by atoms with Gasteiger partial charge in [-0.1, -0.05) is 12.1 Å². The second-order valence-electron chi connectivity index (χ2n) is 6.84. The number of nitrogens with zero attached hydrogens (tertiary/aromatic N) is 1. The third kappa shape index (κ3) is 2.73. The highest BCUT2D eigenvalue weighted by Crippen LogP contribution is 2.45. The highest BCUT2D eigenvalue weighted by Gasteiger charge is 2.53. The van der Waals surface area contributed by atoms with Gasteiger partial charge in [-0.05, 0) is 36.5 Å². The molecule has 0 spiro atoms. The van der Waals surface area contributed by atoms with E-state index in [1.165, 1.54) is 0 Å². The van der Waals surface area contributed by atoms with Gasteiger partial charge in [0.05, 0.1) is 5.69 Å². The average molecular weight is 378 g/mol. The maximum atomic E-state index is 12.0. The monoisotopic (exact) mass is 377 g/mol. The van der Waals surface area contributed by atoms with Crippen LogP contribution in [0.1, 0.15) is 15.9 Å². The molecule has 3 atom stereocenters. The molecule has 1 aliphatic heterocycles. The zero-order valence-corrected chi connectivity index (χ0v) is 14.9. The number of nitrogens with one attached hydrogen (secondary N) is 1. The van der Waals surface area contributed by atoms with E-state index < -0.39 is 22.8 Å². The number of rotatable bonds is 3. The van der Waals surface area contributed by atoms with E-state index in [0.29, 0.717) is 34.7 Å². The number of carboxylic acid groups (broad SMARTS) is 1. The van der Waals surface area contributed by atoms with Crippen LogP contribution in [0.3, 0.4) is 0 Å². The van der Waals surface area contributed by atoms with Crippen molar-refractivity contribution < 1.29 is 15.0 Å². The SMILES string of the molecule is Cc1c(-c2ccc(N3C[C@@H]4[C@H](N)[C@@H]4C3)cc2)[nH]c(=O)c(C(=O)O)c1O.Cl. The summed E-state index contributed by atoms with van der Waals surface area (Å²) in [6, 6.07) is 7.99. The molecule has 2 aromatic rings. The number of aromatic amines is 1. The predicted octanol–water partition coefficient (Wildman–Crippen LogP) is 1.57. The Morgan fingerprint density at radius 1 is 1.23 bits per heavy atom. The number of nitrogens with two attached hydrogens (primary N) is 1. The summed E-state index contributed by atoms with van der Waals surface area (Å²) in [5.74, 6) is -0.754. The number of carboxylic acids is 1. The number of aromatic nitrogens is 1. The summed E-state index contributed by atoms with van der Waals surface area (Å²) in [5.41, 5.74) is 7.07. The first kappa shape index (κ1) is 18.3. The molecule has 2 fully saturated rings. The maximum Gasteiger partial charge on any atom is 0.345 e. The first-order valence-electron chi connectivity index (χ1n) is 8.18. The molecule has 1 aromatic heterocycles. The molecule has 5 N–H and O–H groups in total. The van der Waals surface area contributed by atoms with Crippen LogP contribution in [0.2, 0.25) is 0 Å². The Balaban J connectivity index is 0.00000196. The first-order chi connectivity index (χ1) is 11.9. The number of aromatic carboxylic acids is 1. The van der Waals surface area contributed by atoms with Crippen LogP contribution in [0.4, 0.5) is 5.69 Å². The van der Waals surface area contributed by atoms with Crippen molar-refractivity contribution in [2.24, 2.45) is 17.6 Å². The lowest BCUT2D eigenvalue weighted by Crippen LogP contribution is -2.27. The quantitative estimate of drug-likeness (QED) is 0.644. The summed E-state index contributed by atoms with van der Waals surface area (Å²) in [7, 11) is 0. The van der Waals surface area contributed by atoms with E-state index in [1.54, 1.807) is 6.92 Å². The molecule has 0 radical (unpaired) electrons. The van der Waals surface area contributed by atoms with E-state index in [0.717, 1.165) is 18.8 Å². The number of fused-ring (bicyclic) bond motifs is 1. The van der Waals surface area contributed by atoms with Gasteiger partial charge in [-0.3, -0.25) is 4.79 Å². The van der Waals surface area contributed by atoms with Crippen molar-refractivity contribution in [3.63, 3.8) is 0 Å². The van der Waals surface area contributed by atoms with Crippen LogP contribution in [0.5, 0.6) is 5.75 Å². The van der Waals surface area contributed by atoms with Crippen molar-refractivity contribution in [2.45, 2.75) is 13.0 Å². The van der Waals surface area contributed by atoms with Gasteiger partial charge >= 0.3 is 5.97 Å². The van der Waals surface area contributed by atoms with E-state index in [4.69, 9.17) is 10.8 Å². The Hall–Kier alpha value is -2.51. The van der Waals surface area contributed by atoms with Gasteiger partial charge in [0, 0.05) is 30.4 Å². The Morgan fingerprint density at radius 3 is 2.35 bits per heavy atom. The summed E-state index contributed by atoms with van der Waals surface area (Å²) in [6.07, 6.45) is 0. The molecule has 1 saturated heterocycles. The fraction of sp³-hybridized carbons (Fsp3) is 0.333. The van der Waals surface area contributed by atoms with Crippen LogP contribution in [-0.2, 0) is 0 Å². The molecule has 0 unspecified atom stereocenters. The van der Waals surface area contributed by atoms with Crippen molar-refractivity contribution in [1.82, 2.24) is 4.98 Å². The van der Waals surface area contributed by atoms with Crippen molar-refractivity contribution >= 4 is 24.1 Å². The highest BCUT2D eigenvalue weighted by atomic mass is 35.5. The van der Waals surface area contributed by atoms with E-state index in [9.17, 15) is 14.7 Å². The number of carbonyl (C=O) groups is 1. The number of H-pyrrole nitrogens is 1. The number of pyridine rings is 1. The normalized spacial score (nSPS) is 23.3. The van der Waals surface area contributed by atoms with Crippen LogP contribution in [0.15, 0.2) is 29.1 Å². The fourth-order valence-corrected chi connectivity index (χ4v) is 3.79. The van der Waals surface area contributed by atoms with Crippen LogP contribution < -0.4 is 16.2 Å². The fourth-order valence-electron chi connectivity index (χ4n) is 3.79. The van der Waals surface area contributed by atoms with Gasteiger partial charge < -0.3 is 25.8 Å². The van der Waals surface area contributed by atoms with Gasteiger partial charge in [-0.25, -0.2) is 4.79 Å². The molecule has 1 aliphatic carbocycles. The van der Waals surface area contributed by atoms with Gasteiger partial charge in [0.15, 0.2) is 5.56 Å². The minimum absolute atomic E-state index is 0. The molecule has 8 heteroatoms. The summed E-state index contributed by atoms with van der Waals surface area (Å²) in [6.45, 7) is 3.51. The van der Waals surface area contributed by atoms with Gasteiger partial charge in [-0.15, -0.1) is 12.4 Å². The lowest BCUT2D eigenvalue weighted by Gasteiger charge is -2.21. The largest absolute Gasteiger partial charge is 0.506 e. The minimum atomic E-state index is -1.45. The molecule has 4 rings (SSSR count). The third-order valence-corrected chi connectivity index (χ3v) is 5.43. The first-order valence-corrected chi connectivity index (χ1v) is 8.18. The number of anilines is 1. The molecule has 1 aromatic carbocycles. The minimum Gasteiger partial charge on any atom is -0.506 e. The summed E-state index contributed by atoms with van der Waals surface area (Å²) >= 11 is 0. The number of aromatic hydroxyl groups is 1. The molecule has 0 bridgehead atoms.